The fourth-order valence-corrected chi connectivity index (χ4v) is 3.09. The van der Waals surface area contributed by atoms with E-state index in [1.54, 1.807) is 12.1 Å². The van der Waals surface area contributed by atoms with Gasteiger partial charge in [0.05, 0.1) is 16.3 Å². The molecular formula is C18H18N4O3S. The van der Waals surface area contributed by atoms with Crippen molar-refractivity contribution in [3.8, 4) is 5.69 Å². The van der Waals surface area contributed by atoms with Crippen molar-refractivity contribution in [3.05, 3.63) is 71.5 Å². The largest absolute Gasteiger partial charge is 0.322 e. The first-order valence-corrected chi connectivity index (χ1v) is 9.36. The Morgan fingerprint density at radius 1 is 1.04 bits per heavy atom. The summed E-state index contributed by atoms with van der Waals surface area (Å²) >= 11 is 0. The van der Waals surface area contributed by atoms with Gasteiger partial charge in [0.1, 0.15) is 0 Å². The second-order valence-corrected chi connectivity index (χ2v) is 7.47. The summed E-state index contributed by atoms with van der Waals surface area (Å²) in [5.41, 5.74) is 3.75. The number of nitrogens with one attached hydrogen (secondary N) is 1. The van der Waals surface area contributed by atoms with Gasteiger partial charge in [-0.1, -0.05) is 0 Å². The Morgan fingerprint density at radius 2 is 1.65 bits per heavy atom. The molecule has 0 fully saturated rings. The number of primary sulfonamides is 1. The Hall–Kier alpha value is -2.97. The smallest absolute Gasteiger partial charge is 0.255 e. The van der Waals surface area contributed by atoms with Crippen LogP contribution in [0.15, 0.2) is 59.5 Å². The number of rotatable bonds is 4. The maximum absolute atomic E-state index is 12.3. The summed E-state index contributed by atoms with van der Waals surface area (Å²) in [5.74, 6) is -0.298. The molecule has 1 heterocycles. The number of nitrogens with zero attached hydrogens (tertiary/aromatic N) is 2. The van der Waals surface area contributed by atoms with E-state index in [0.717, 1.165) is 17.1 Å². The number of carbonyl (C=O) groups excluding carboxylic acids is 1. The van der Waals surface area contributed by atoms with E-state index in [1.807, 2.05) is 36.7 Å². The molecule has 8 heteroatoms. The van der Waals surface area contributed by atoms with Crippen LogP contribution in [0, 0.1) is 13.8 Å². The third-order valence-electron chi connectivity index (χ3n) is 3.82. The van der Waals surface area contributed by atoms with Gasteiger partial charge in [-0.15, -0.1) is 0 Å². The summed E-state index contributed by atoms with van der Waals surface area (Å²) in [4.78, 5) is 12.3. The first kappa shape index (κ1) is 17.8. The van der Waals surface area contributed by atoms with Gasteiger partial charge in [-0.2, -0.15) is 5.10 Å². The molecule has 3 rings (SSSR count). The maximum Gasteiger partial charge on any atom is 0.255 e. The van der Waals surface area contributed by atoms with Crippen molar-refractivity contribution < 1.29 is 13.2 Å². The van der Waals surface area contributed by atoms with Crippen molar-refractivity contribution in [3.63, 3.8) is 0 Å². The van der Waals surface area contributed by atoms with Crippen LogP contribution in [0.5, 0.6) is 0 Å². The third kappa shape index (κ3) is 3.81. The lowest BCUT2D eigenvalue weighted by Gasteiger charge is -2.08. The lowest BCUT2D eigenvalue weighted by Crippen LogP contribution is -2.14. The van der Waals surface area contributed by atoms with Crippen molar-refractivity contribution >= 4 is 21.6 Å². The molecule has 3 N–H and O–H groups in total. The highest BCUT2D eigenvalue weighted by atomic mass is 32.2. The van der Waals surface area contributed by atoms with Gasteiger partial charge in [-0.25, -0.2) is 18.2 Å². The number of amides is 1. The molecule has 0 atom stereocenters. The fourth-order valence-electron chi connectivity index (χ4n) is 2.58. The average molecular weight is 370 g/mol. The average Bonchev–Trinajstić information content (AvgIpc) is 2.93. The quantitative estimate of drug-likeness (QED) is 0.735. The minimum Gasteiger partial charge on any atom is -0.322 e. The van der Waals surface area contributed by atoms with Gasteiger partial charge in [0.2, 0.25) is 10.0 Å². The van der Waals surface area contributed by atoms with E-state index in [1.165, 1.54) is 24.3 Å². The highest BCUT2D eigenvalue weighted by Crippen LogP contribution is 2.16. The monoisotopic (exact) mass is 370 g/mol. The summed E-state index contributed by atoms with van der Waals surface area (Å²) in [6, 6.07) is 14.7. The number of sulfonamides is 1. The van der Waals surface area contributed by atoms with E-state index in [0.29, 0.717) is 11.3 Å². The number of hydrogen-bond donors (Lipinski definition) is 2. The molecule has 0 aliphatic heterocycles. The molecule has 0 radical (unpaired) electrons. The third-order valence-corrected chi connectivity index (χ3v) is 4.75. The highest BCUT2D eigenvalue weighted by Gasteiger charge is 2.10. The predicted molar refractivity (Wildman–Crippen MR) is 98.8 cm³/mol. The van der Waals surface area contributed by atoms with Gasteiger partial charge >= 0.3 is 0 Å². The number of anilines is 1. The van der Waals surface area contributed by atoms with Gasteiger partial charge in [0, 0.05) is 16.9 Å². The van der Waals surface area contributed by atoms with Gasteiger partial charge in [-0.05, 0) is 68.4 Å². The van der Waals surface area contributed by atoms with Gasteiger partial charge in [0.25, 0.3) is 5.91 Å². The molecule has 0 aliphatic rings. The van der Waals surface area contributed by atoms with Gasteiger partial charge < -0.3 is 5.32 Å². The topological polar surface area (TPSA) is 107 Å². The van der Waals surface area contributed by atoms with Crippen molar-refractivity contribution in [1.29, 1.82) is 0 Å². The molecular weight excluding hydrogens is 352 g/mol. The van der Waals surface area contributed by atoms with Crippen LogP contribution in [0.3, 0.4) is 0 Å². The second-order valence-electron chi connectivity index (χ2n) is 5.91. The lowest BCUT2D eigenvalue weighted by atomic mass is 10.2. The summed E-state index contributed by atoms with van der Waals surface area (Å²) in [6.45, 7) is 3.89. The first-order valence-electron chi connectivity index (χ1n) is 7.82. The minimum absolute atomic E-state index is 0.00950. The summed E-state index contributed by atoms with van der Waals surface area (Å²) in [7, 11) is -3.75. The van der Waals surface area contributed by atoms with E-state index in [2.05, 4.69) is 10.4 Å². The summed E-state index contributed by atoms with van der Waals surface area (Å²) < 4.78 is 24.3. The molecule has 26 heavy (non-hydrogen) atoms. The van der Waals surface area contributed by atoms with E-state index >= 15 is 0 Å². The molecule has 0 unspecified atom stereocenters. The van der Waals surface area contributed by atoms with Gasteiger partial charge in [0.15, 0.2) is 0 Å². The number of carbonyl (C=O) groups is 1. The van der Waals surface area contributed by atoms with Crippen molar-refractivity contribution in [2.45, 2.75) is 18.7 Å². The standard InChI is InChI=1S/C18H18N4O3S/c1-12-11-13(2)22(21-12)16-7-3-14(4-8-16)18(23)20-15-5-9-17(10-6-15)26(19,24)25/h3-11H,1-2H3,(H,20,23)(H2,19,24,25). The Kier molecular flexibility index (Phi) is 4.62. The number of aromatic nitrogens is 2. The minimum atomic E-state index is -3.75. The van der Waals surface area contributed by atoms with Gasteiger partial charge in [-0.3, -0.25) is 4.79 Å². The molecule has 0 spiro atoms. The van der Waals surface area contributed by atoms with Crippen LogP contribution in [0.4, 0.5) is 5.69 Å². The molecule has 134 valence electrons. The zero-order valence-electron chi connectivity index (χ0n) is 14.3. The van der Waals surface area contributed by atoms with E-state index in [-0.39, 0.29) is 10.8 Å². The number of nitrogens with two attached hydrogens (primary N) is 1. The molecule has 0 bridgehead atoms. The first-order chi connectivity index (χ1) is 12.2. The lowest BCUT2D eigenvalue weighted by molar-refractivity contribution is 0.102. The van der Waals surface area contributed by atoms with E-state index in [9.17, 15) is 13.2 Å². The Bertz CT molecular complexity index is 1050. The number of benzene rings is 2. The second kappa shape index (κ2) is 6.74. The number of hydrogen-bond acceptors (Lipinski definition) is 4. The zero-order valence-corrected chi connectivity index (χ0v) is 15.1. The van der Waals surface area contributed by atoms with Crippen LogP contribution in [-0.4, -0.2) is 24.1 Å². The SMILES string of the molecule is Cc1cc(C)n(-c2ccc(C(=O)Nc3ccc(S(N)(=O)=O)cc3)cc2)n1. The summed E-state index contributed by atoms with van der Waals surface area (Å²) in [6.07, 6.45) is 0. The normalized spacial score (nSPS) is 11.3. The molecule has 2 aromatic carbocycles. The molecule has 0 saturated heterocycles. The molecule has 7 nitrogen and oxygen atoms in total. The van der Waals surface area contributed by atoms with Crippen LogP contribution in [-0.2, 0) is 10.0 Å². The van der Waals surface area contributed by atoms with Crippen LogP contribution >= 0.6 is 0 Å². The van der Waals surface area contributed by atoms with Crippen LogP contribution in [0.2, 0.25) is 0 Å². The van der Waals surface area contributed by atoms with Crippen LogP contribution in [0.25, 0.3) is 5.69 Å². The Balaban J connectivity index is 1.75. The van der Waals surface area contributed by atoms with Crippen LogP contribution in [0.1, 0.15) is 21.7 Å². The van der Waals surface area contributed by atoms with Crippen molar-refractivity contribution in [2.75, 3.05) is 5.32 Å². The molecule has 0 saturated carbocycles. The highest BCUT2D eigenvalue weighted by molar-refractivity contribution is 7.89. The van der Waals surface area contributed by atoms with E-state index < -0.39 is 10.0 Å². The van der Waals surface area contributed by atoms with Crippen molar-refractivity contribution in [1.82, 2.24) is 9.78 Å². The molecule has 3 aromatic rings. The Labute approximate surface area is 151 Å². The zero-order chi connectivity index (χ0) is 18.9. The predicted octanol–water partition coefficient (Wildman–Crippen LogP) is 2.39. The van der Waals surface area contributed by atoms with Crippen LogP contribution < -0.4 is 10.5 Å². The van der Waals surface area contributed by atoms with Crippen molar-refractivity contribution in [2.24, 2.45) is 5.14 Å². The van der Waals surface area contributed by atoms with E-state index in [4.69, 9.17) is 5.14 Å². The summed E-state index contributed by atoms with van der Waals surface area (Å²) in [5, 5.41) is 12.2. The molecule has 1 aromatic heterocycles. The molecule has 1 amide bonds. The Morgan fingerprint density at radius 3 is 2.15 bits per heavy atom. The number of aryl methyl sites for hydroxylation is 2. The maximum atomic E-state index is 12.3. The fraction of sp³-hybridized carbons (Fsp3) is 0.111. The molecule has 0 aliphatic carbocycles.